The molecule has 0 fully saturated rings. The van der Waals surface area contributed by atoms with Crippen molar-refractivity contribution in [2.75, 3.05) is 6.54 Å². The Hall–Kier alpha value is -0.830. The topological polar surface area (TPSA) is 29.9 Å². The molecule has 0 spiro atoms. The Morgan fingerprint density at radius 2 is 2.06 bits per heavy atom. The molecule has 0 aliphatic rings. The van der Waals surface area contributed by atoms with E-state index in [9.17, 15) is 0 Å². The first-order valence-corrected chi connectivity index (χ1v) is 7.43. The lowest BCUT2D eigenvalue weighted by molar-refractivity contribution is 0.473. The van der Waals surface area contributed by atoms with E-state index in [1.165, 1.54) is 30.5 Å². The highest BCUT2D eigenvalue weighted by molar-refractivity contribution is 5.18. The van der Waals surface area contributed by atoms with Gasteiger partial charge in [-0.25, -0.2) is 0 Å². The fourth-order valence-electron chi connectivity index (χ4n) is 2.10. The zero-order chi connectivity index (χ0) is 13.4. The molecule has 0 saturated carbocycles. The van der Waals surface area contributed by atoms with Gasteiger partial charge in [-0.05, 0) is 31.7 Å². The summed E-state index contributed by atoms with van der Waals surface area (Å²) < 4.78 is 2.21. The Balaban J connectivity index is 2.65. The maximum Gasteiger partial charge on any atom is 0.0537 e. The molecule has 1 heterocycles. The van der Waals surface area contributed by atoms with Crippen LogP contribution >= 0.6 is 0 Å². The molecule has 0 aliphatic carbocycles. The minimum absolute atomic E-state index is 0.741. The predicted octanol–water partition coefficient (Wildman–Crippen LogP) is 3.38. The first kappa shape index (κ1) is 15.2. The third-order valence-electron chi connectivity index (χ3n) is 3.18. The van der Waals surface area contributed by atoms with Crippen molar-refractivity contribution in [1.29, 1.82) is 0 Å². The van der Waals surface area contributed by atoms with Crippen molar-refractivity contribution in [2.45, 2.75) is 66.5 Å². The van der Waals surface area contributed by atoms with Gasteiger partial charge in [0.15, 0.2) is 0 Å². The molecule has 1 aromatic heterocycles. The second-order valence-corrected chi connectivity index (χ2v) is 5.45. The first-order valence-electron chi connectivity index (χ1n) is 7.43. The number of hydrogen-bond acceptors (Lipinski definition) is 2. The van der Waals surface area contributed by atoms with Gasteiger partial charge in [-0.15, -0.1) is 0 Å². The molecule has 0 unspecified atom stereocenters. The van der Waals surface area contributed by atoms with Gasteiger partial charge in [0.1, 0.15) is 0 Å². The SMILES string of the molecule is CCCNCc1cnn(CCC(C)C)c1CCC. The van der Waals surface area contributed by atoms with E-state index in [2.05, 4.69) is 42.8 Å². The number of nitrogens with one attached hydrogen (secondary N) is 1. The first-order chi connectivity index (χ1) is 8.69. The molecule has 0 aliphatic heterocycles. The summed E-state index contributed by atoms with van der Waals surface area (Å²) in [7, 11) is 0. The number of nitrogens with zero attached hydrogens (tertiary/aromatic N) is 2. The van der Waals surface area contributed by atoms with E-state index in [0.717, 1.165) is 32.0 Å². The molecule has 0 bridgehead atoms. The highest BCUT2D eigenvalue weighted by atomic mass is 15.3. The van der Waals surface area contributed by atoms with Crippen LogP contribution in [0.2, 0.25) is 0 Å². The second kappa shape index (κ2) is 8.30. The summed E-state index contributed by atoms with van der Waals surface area (Å²) in [6, 6.07) is 0. The Labute approximate surface area is 112 Å². The van der Waals surface area contributed by atoms with Crippen LogP contribution < -0.4 is 5.32 Å². The number of aryl methyl sites for hydroxylation is 1. The van der Waals surface area contributed by atoms with Crippen molar-refractivity contribution in [3.63, 3.8) is 0 Å². The zero-order valence-corrected chi connectivity index (χ0v) is 12.5. The Morgan fingerprint density at radius 1 is 1.28 bits per heavy atom. The van der Waals surface area contributed by atoms with Gasteiger partial charge in [0, 0.05) is 24.3 Å². The maximum absolute atomic E-state index is 4.56. The van der Waals surface area contributed by atoms with E-state index in [-0.39, 0.29) is 0 Å². The van der Waals surface area contributed by atoms with Gasteiger partial charge >= 0.3 is 0 Å². The largest absolute Gasteiger partial charge is 0.313 e. The standard InChI is InChI=1S/C15H29N3/c1-5-7-15-14(11-16-9-6-2)12-17-18(15)10-8-13(3)4/h12-13,16H,5-11H2,1-4H3. The lowest BCUT2D eigenvalue weighted by Crippen LogP contribution is -2.15. The number of aromatic nitrogens is 2. The van der Waals surface area contributed by atoms with Crippen LogP contribution in [0, 0.1) is 5.92 Å². The van der Waals surface area contributed by atoms with Gasteiger partial charge in [-0.2, -0.15) is 5.10 Å². The summed E-state index contributed by atoms with van der Waals surface area (Å²) >= 11 is 0. The summed E-state index contributed by atoms with van der Waals surface area (Å²) in [5, 5.41) is 8.04. The Morgan fingerprint density at radius 3 is 2.67 bits per heavy atom. The van der Waals surface area contributed by atoms with Gasteiger partial charge in [0.25, 0.3) is 0 Å². The van der Waals surface area contributed by atoms with Crippen LogP contribution in [-0.2, 0) is 19.5 Å². The minimum Gasteiger partial charge on any atom is -0.313 e. The molecular weight excluding hydrogens is 222 g/mol. The average molecular weight is 251 g/mol. The van der Waals surface area contributed by atoms with Crippen molar-refractivity contribution in [3.8, 4) is 0 Å². The minimum atomic E-state index is 0.741. The van der Waals surface area contributed by atoms with Crippen LogP contribution in [-0.4, -0.2) is 16.3 Å². The molecule has 104 valence electrons. The highest BCUT2D eigenvalue weighted by Crippen LogP contribution is 2.13. The quantitative estimate of drug-likeness (QED) is 0.682. The lowest BCUT2D eigenvalue weighted by Gasteiger charge is -2.11. The maximum atomic E-state index is 4.56. The van der Waals surface area contributed by atoms with Crippen molar-refractivity contribution >= 4 is 0 Å². The molecule has 0 saturated heterocycles. The monoisotopic (exact) mass is 251 g/mol. The van der Waals surface area contributed by atoms with Gasteiger partial charge in [-0.1, -0.05) is 34.1 Å². The van der Waals surface area contributed by atoms with Gasteiger partial charge in [0.2, 0.25) is 0 Å². The molecule has 3 nitrogen and oxygen atoms in total. The van der Waals surface area contributed by atoms with Crippen LogP contribution in [0.3, 0.4) is 0 Å². The molecule has 0 amide bonds. The van der Waals surface area contributed by atoms with Gasteiger partial charge in [0.05, 0.1) is 6.20 Å². The molecule has 1 aromatic rings. The number of rotatable bonds is 9. The Bertz CT molecular complexity index is 328. The fraction of sp³-hybridized carbons (Fsp3) is 0.800. The molecule has 1 rings (SSSR count). The second-order valence-electron chi connectivity index (χ2n) is 5.45. The predicted molar refractivity (Wildman–Crippen MR) is 77.7 cm³/mol. The molecule has 0 aromatic carbocycles. The zero-order valence-electron chi connectivity index (χ0n) is 12.5. The Kier molecular flexibility index (Phi) is 7.02. The summed E-state index contributed by atoms with van der Waals surface area (Å²) in [6.45, 7) is 12.1. The fourth-order valence-corrected chi connectivity index (χ4v) is 2.10. The highest BCUT2D eigenvalue weighted by Gasteiger charge is 2.09. The molecule has 18 heavy (non-hydrogen) atoms. The van der Waals surface area contributed by atoms with Crippen molar-refractivity contribution < 1.29 is 0 Å². The van der Waals surface area contributed by atoms with E-state index in [1.54, 1.807) is 0 Å². The summed E-state index contributed by atoms with van der Waals surface area (Å²) in [6.07, 6.45) is 6.77. The molecule has 3 heteroatoms. The van der Waals surface area contributed by atoms with Crippen LogP contribution in [0.4, 0.5) is 0 Å². The van der Waals surface area contributed by atoms with E-state index >= 15 is 0 Å². The van der Waals surface area contributed by atoms with Crippen molar-refractivity contribution in [3.05, 3.63) is 17.5 Å². The van der Waals surface area contributed by atoms with Gasteiger partial charge < -0.3 is 5.32 Å². The van der Waals surface area contributed by atoms with E-state index < -0.39 is 0 Å². The third kappa shape index (κ3) is 4.81. The smallest absolute Gasteiger partial charge is 0.0537 e. The van der Waals surface area contributed by atoms with Crippen LogP contribution in [0.15, 0.2) is 6.20 Å². The van der Waals surface area contributed by atoms with E-state index in [1.807, 2.05) is 6.20 Å². The molecule has 0 radical (unpaired) electrons. The summed E-state index contributed by atoms with van der Waals surface area (Å²) in [5.41, 5.74) is 2.82. The lowest BCUT2D eigenvalue weighted by atomic mass is 10.1. The average Bonchev–Trinajstić information content (AvgIpc) is 2.71. The molecule has 0 atom stereocenters. The normalized spacial score (nSPS) is 11.4. The van der Waals surface area contributed by atoms with Crippen LogP contribution in [0.25, 0.3) is 0 Å². The van der Waals surface area contributed by atoms with E-state index in [4.69, 9.17) is 0 Å². The van der Waals surface area contributed by atoms with Crippen molar-refractivity contribution in [2.24, 2.45) is 5.92 Å². The summed E-state index contributed by atoms with van der Waals surface area (Å²) in [5.74, 6) is 0.741. The van der Waals surface area contributed by atoms with Crippen molar-refractivity contribution in [1.82, 2.24) is 15.1 Å². The third-order valence-corrected chi connectivity index (χ3v) is 3.18. The van der Waals surface area contributed by atoms with E-state index in [0.29, 0.717) is 0 Å². The molecular formula is C15H29N3. The number of hydrogen-bond donors (Lipinski definition) is 1. The van der Waals surface area contributed by atoms with Gasteiger partial charge in [-0.3, -0.25) is 4.68 Å². The van der Waals surface area contributed by atoms with Crippen LogP contribution in [0.1, 0.15) is 58.2 Å². The van der Waals surface area contributed by atoms with Crippen LogP contribution in [0.5, 0.6) is 0 Å². The summed E-state index contributed by atoms with van der Waals surface area (Å²) in [4.78, 5) is 0. The molecule has 1 N–H and O–H groups in total.